The fraction of sp³-hybridized carbons (Fsp3) is 0. The molecule has 0 bridgehead atoms. The first-order chi connectivity index (χ1) is 24.6. The molecule has 50 heavy (non-hydrogen) atoms. The van der Waals surface area contributed by atoms with Gasteiger partial charge < -0.3 is 0 Å². The molecule has 0 unspecified atom stereocenters. The van der Waals surface area contributed by atoms with Crippen molar-refractivity contribution in [1.29, 1.82) is 0 Å². The van der Waals surface area contributed by atoms with Crippen molar-refractivity contribution in [3.8, 4) is 0 Å². The van der Waals surface area contributed by atoms with E-state index in [1.54, 1.807) is 26.8 Å². The molecule has 0 N–H and O–H groups in total. The summed E-state index contributed by atoms with van der Waals surface area (Å²) in [4.78, 5) is 0. The van der Waals surface area contributed by atoms with Crippen LogP contribution >= 0.6 is 28.2 Å². The van der Waals surface area contributed by atoms with Gasteiger partial charge in [0, 0.05) is 0 Å². The fourth-order valence-corrected chi connectivity index (χ4v) is 37.5. The fourth-order valence-electron chi connectivity index (χ4n) is 5.06. The Balaban J connectivity index is 1.62. The predicted molar refractivity (Wildman–Crippen MR) is 233 cm³/mol. The van der Waals surface area contributed by atoms with Gasteiger partial charge in [-0.3, -0.25) is 0 Å². The van der Waals surface area contributed by atoms with Gasteiger partial charge in [0.2, 0.25) is 0 Å². The minimum atomic E-state index is -2.83. The van der Waals surface area contributed by atoms with Crippen LogP contribution in [0.5, 0.6) is 0 Å². The molecule has 0 radical (unpaired) electrons. The first-order valence-electron chi connectivity index (χ1n) is 15.7. The second-order valence-electron chi connectivity index (χ2n) is 10.8. The summed E-state index contributed by atoms with van der Waals surface area (Å²) in [5.74, 6) is 0. The summed E-state index contributed by atoms with van der Waals surface area (Å²) in [5, 5.41) is 0. The van der Waals surface area contributed by atoms with Crippen LogP contribution in [0.2, 0.25) is 0 Å². The van der Waals surface area contributed by atoms with Gasteiger partial charge in [0.1, 0.15) is 0 Å². The number of rotatable bonds is 12. The molecule has 8 heteroatoms. The monoisotopic (exact) mass is 1170 g/mol. The zero-order valence-corrected chi connectivity index (χ0v) is 40.0. The van der Waals surface area contributed by atoms with Crippen LogP contribution in [-0.2, 0) is 0 Å². The van der Waals surface area contributed by atoms with Crippen molar-refractivity contribution in [2.24, 2.45) is 0 Å². The van der Waals surface area contributed by atoms with E-state index < -0.39 is 9.23 Å². The van der Waals surface area contributed by atoms with Crippen molar-refractivity contribution in [3.63, 3.8) is 0 Å². The van der Waals surface area contributed by atoms with Crippen molar-refractivity contribution in [3.05, 3.63) is 182 Å². The van der Waals surface area contributed by atoms with Crippen LogP contribution in [0.15, 0.2) is 182 Å². The van der Waals surface area contributed by atoms with Crippen LogP contribution in [0.3, 0.4) is 0 Å². The predicted octanol–water partition coefficient (Wildman–Crippen LogP) is 1.31. The Kier molecular flexibility index (Phi) is 13.4. The summed E-state index contributed by atoms with van der Waals surface area (Å²) in [6.45, 7) is 0. The molecule has 0 atom stereocenters. The van der Waals surface area contributed by atoms with Gasteiger partial charge >= 0.3 is 348 Å². The molecular formula is C42H30Br2Se6. The van der Waals surface area contributed by atoms with Crippen LogP contribution in [0, 0.1) is 0 Å². The summed E-state index contributed by atoms with van der Waals surface area (Å²) in [6, 6.07) is 67.4. The second-order valence-corrected chi connectivity index (χ2v) is 40.6. The van der Waals surface area contributed by atoms with E-state index in [0.717, 1.165) is 0 Å². The molecule has 7 aromatic carbocycles. The number of benzene rings is 7. The maximum absolute atomic E-state index is 4.57. The molecule has 7 aromatic rings. The Hall–Kier alpha value is -1.38. The Labute approximate surface area is 343 Å². The molecule has 7 rings (SSSR count). The van der Waals surface area contributed by atoms with E-state index in [9.17, 15) is 0 Å². The van der Waals surface area contributed by atoms with E-state index in [1.165, 1.54) is 26.8 Å². The van der Waals surface area contributed by atoms with E-state index in [0.29, 0.717) is 0 Å². The summed E-state index contributed by atoms with van der Waals surface area (Å²) in [5.41, 5.74) is 0. The van der Waals surface area contributed by atoms with E-state index >= 15 is 0 Å². The second kappa shape index (κ2) is 18.1. The van der Waals surface area contributed by atoms with Gasteiger partial charge in [-0.2, -0.15) is 0 Å². The standard InChI is InChI=1S/C42H30Br2Se6/c43-50(44,36-29-17-6-18-30-36)42-40(48-34-25-13-4-14-26-34)38(46-32-21-9-2-10-22-32)37(45-31-19-7-1-8-20-31)39(47-33-23-11-3-12-24-33)41(42)49-35-27-15-5-16-28-35/h1-30H. The number of hydrogen-bond donors (Lipinski definition) is 0. The van der Waals surface area contributed by atoms with Crippen LogP contribution in [0.1, 0.15) is 0 Å². The average Bonchev–Trinajstić information content (AvgIpc) is 3.17. The Morgan fingerprint density at radius 3 is 0.780 bits per heavy atom. The van der Waals surface area contributed by atoms with E-state index in [2.05, 4.69) is 210 Å². The first kappa shape index (κ1) is 37.0. The topological polar surface area (TPSA) is 0 Å². The third-order valence-corrected chi connectivity index (χ3v) is 34.0. The molecule has 0 heterocycles. The van der Waals surface area contributed by atoms with Crippen molar-refractivity contribution in [1.82, 2.24) is 0 Å². The van der Waals surface area contributed by atoms with Gasteiger partial charge in [-0.1, -0.05) is 0 Å². The summed E-state index contributed by atoms with van der Waals surface area (Å²) >= 11 is 9.72. The molecule has 248 valence electrons. The van der Waals surface area contributed by atoms with Gasteiger partial charge in [-0.15, -0.1) is 0 Å². The van der Waals surface area contributed by atoms with Gasteiger partial charge in [0.05, 0.1) is 0 Å². The molecule has 0 fully saturated rings. The number of halogens is 2. The molecule has 0 saturated carbocycles. The molecule has 0 nitrogen and oxygen atoms in total. The Morgan fingerprint density at radius 1 is 0.280 bits per heavy atom. The van der Waals surface area contributed by atoms with Crippen LogP contribution in [0.4, 0.5) is 0 Å². The molecule has 0 aliphatic carbocycles. The zero-order valence-electron chi connectivity index (χ0n) is 26.5. The minimum absolute atomic E-state index is 0.0999. The third-order valence-electron chi connectivity index (χ3n) is 7.35. The molecule has 0 aliphatic heterocycles. The first-order valence-corrected chi connectivity index (χ1v) is 34.0. The van der Waals surface area contributed by atoms with Crippen LogP contribution in [-0.4, -0.2) is 84.0 Å². The van der Waals surface area contributed by atoms with Crippen LogP contribution in [0.25, 0.3) is 0 Å². The van der Waals surface area contributed by atoms with E-state index in [1.807, 2.05) is 0 Å². The van der Waals surface area contributed by atoms with Gasteiger partial charge in [0.25, 0.3) is 0 Å². The SMILES string of the molecule is Br[Se](Br)(c1ccccc1)c1c([Se]c2ccccc2)c([Se]c2ccccc2)c([Se]c2ccccc2)c([Se]c2ccccc2)c1[Se]c1ccccc1. The van der Waals surface area contributed by atoms with Crippen LogP contribution < -0.4 is 53.5 Å². The number of hydrogen-bond acceptors (Lipinski definition) is 0. The average molecular weight is 1170 g/mol. The maximum atomic E-state index is 4.57. The van der Waals surface area contributed by atoms with E-state index in [4.69, 9.17) is 0 Å². The molecule has 0 amide bonds. The Bertz CT molecular complexity index is 2030. The van der Waals surface area contributed by atoms with E-state index in [-0.39, 0.29) is 74.8 Å². The van der Waals surface area contributed by atoms with Gasteiger partial charge in [-0.05, 0) is 0 Å². The third kappa shape index (κ3) is 9.21. The molecule has 0 spiro atoms. The Morgan fingerprint density at radius 2 is 0.500 bits per heavy atom. The normalized spacial score (nSPS) is 11.7. The van der Waals surface area contributed by atoms with Gasteiger partial charge in [0.15, 0.2) is 0 Å². The zero-order chi connectivity index (χ0) is 34.2. The molecular weight excluding hydrogens is 1140 g/mol. The summed E-state index contributed by atoms with van der Waals surface area (Å²) in [6.07, 6.45) is 0. The van der Waals surface area contributed by atoms with Crippen molar-refractivity contribution in [2.75, 3.05) is 0 Å². The van der Waals surface area contributed by atoms with Crippen molar-refractivity contribution < 1.29 is 0 Å². The molecule has 0 saturated heterocycles. The molecule has 0 aliphatic rings. The van der Waals surface area contributed by atoms with Gasteiger partial charge in [-0.25, -0.2) is 0 Å². The van der Waals surface area contributed by atoms with Crippen molar-refractivity contribution >= 4 is 166 Å². The van der Waals surface area contributed by atoms with Crippen molar-refractivity contribution in [2.45, 2.75) is 0 Å². The summed E-state index contributed by atoms with van der Waals surface area (Å²) < 4.78 is 18.0. The summed E-state index contributed by atoms with van der Waals surface area (Å²) in [7, 11) is -2.83. The molecule has 0 aromatic heterocycles. The quantitative estimate of drug-likeness (QED) is 0.162.